The Balaban J connectivity index is 3.93. The van der Waals surface area contributed by atoms with Crippen LogP contribution in [0.3, 0.4) is 0 Å². The van der Waals surface area contributed by atoms with Crippen molar-refractivity contribution < 1.29 is 14.6 Å². The summed E-state index contributed by atoms with van der Waals surface area (Å²) in [6.45, 7) is 5.52. The minimum Gasteiger partial charge on any atom is -0.392 e. The molecule has 1 atom stereocenters. The van der Waals surface area contributed by atoms with Crippen LogP contribution in [0.5, 0.6) is 0 Å². The number of amides is 1. The van der Waals surface area contributed by atoms with Gasteiger partial charge >= 0.3 is 0 Å². The predicted molar refractivity (Wildman–Crippen MR) is 67.5 cm³/mol. The van der Waals surface area contributed by atoms with Crippen molar-refractivity contribution in [3.63, 3.8) is 0 Å². The molecule has 0 aliphatic rings. The average Bonchev–Trinajstić information content (AvgIpc) is 2.33. The molecule has 0 rings (SSSR count). The molecule has 0 fully saturated rings. The maximum absolute atomic E-state index is 11.5. The molecular weight excluding hydrogens is 234 g/mol. The molecule has 0 spiro atoms. The summed E-state index contributed by atoms with van der Waals surface area (Å²) < 4.78 is 5.12. The fourth-order valence-electron chi connectivity index (χ4n) is 1.10. The zero-order valence-electron chi connectivity index (χ0n) is 10.9. The SMILES string of the molecule is CCOCCCNC(=O)/C(C#N)=C\NCC(C)O. The summed E-state index contributed by atoms with van der Waals surface area (Å²) >= 11 is 0. The molecule has 1 amide bonds. The van der Waals surface area contributed by atoms with Crippen molar-refractivity contribution >= 4 is 5.91 Å². The molecule has 102 valence electrons. The van der Waals surface area contributed by atoms with Crippen LogP contribution in [-0.4, -0.2) is 43.4 Å². The van der Waals surface area contributed by atoms with Gasteiger partial charge in [0.05, 0.1) is 6.10 Å². The van der Waals surface area contributed by atoms with Gasteiger partial charge < -0.3 is 20.5 Å². The summed E-state index contributed by atoms with van der Waals surface area (Å²) in [5.74, 6) is -0.424. The van der Waals surface area contributed by atoms with Crippen LogP contribution < -0.4 is 10.6 Å². The lowest BCUT2D eigenvalue weighted by Crippen LogP contribution is -2.28. The maximum atomic E-state index is 11.5. The van der Waals surface area contributed by atoms with Crippen LogP contribution >= 0.6 is 0 Å². The van der Waals surface area contributed by atoms with Crippen molar-refractivity contribution in [2.24, 2.45) is 0 Å². The first-order chi connectivity index (χ1) is 8.61. The Morgan fingerprint density at radius 2 is 2.33 bits per heavy atom. The highest BCUT2D eigenvalue weighted by Gasteiger charge is 2.07. The number of rotatable bonds is 9. The van der Waals surface area contributed by atoms with Crippen molar-refractivity contribution in [3.05, 3.63) is 11.8 Å². The van der Waals surface area contributed by atoms with Crippen LogP contribution in [0, 0.1) is 11.3 Å². The first-order valence-electron chi connectivity index (χ1n) is 5.99. The average molecular weight is 255 g/mol. The zero-order chi connectivity index (χ0) is 13.8. The minimum atomic E-state index is -0.532. The van der Waals surface area contributed by atoms with Gasteiger partial charge in [0.2, 0.25) is 0 Å². The van der Waals surface area contributed by atoms with Crippen LogP contribution in [0.1, 0.15) is 20.3 Å². The third-order valence-electron chi connectivity index (χ3n) is 1.98. The second kappa shape index (κ2) is 10.6. The molecule has 3 N–H and O–H groups in total. The minimum absolute atomic E-state index is 0.00735. The highest BCUT2D eigenvalue weighted by molar-refractivity contribution is 5.97. The van der Waals surface area contributed by atoms with Gasteiger partial charge in [0.15, 0.2) is 0 Å². The summed E-state index contributed by atoms with van der Waals surface area (Å²) in [4.78, 5) is 11.5. The molecule has 18 heavy (non-hydrogen) atoms. The molecule has 0 aliphatic heterocycles. The van der Waals surface area contributed by atoms with Gasteiger partial charge in [-0.25, -0.2) is 0 Å². The molecule has 0 aromatic rings. The number of aliphatic hydroxyl groups excluding tert-OH is 1. The first kappa shape index (κ1) is 16.4. The van der Waals surface area contributed by atoms with Crippen LogP contribution in [0.25, 0.3) is 0 Å². The Morgan fingerprint density at radius 3 is 2.89 bits per heavy atom. The van der Waals surface area contributed by atoms with Crippen molar-refractivity contribution in [2.75, 3.05) is 26.3 Å². The Bertz CT molecular complexity index is 308. The largest absolute Gasteiger partial charge is 0.392 e. The van der Waals surface area contributed by atoms with Crippen LogP contribution in [0.15, 0.2) is 11.8 Å². The number of carbonyl (C=O) groups is 1. The summed E-state index contributed by atoms with van der Waals surface area (Å²) in [5, 5.41) is 23.1. The fraction of sp³-hybridized carbons (Fsp3) is 0.667. The van der Waals surface area contributed by atoms with Gasteiger partial charge in [-0.3, -0.25) is 4.79 Å². The van der Waals surface area contributed by atoms with Gasteiger partial charge in [0.1, 0.15) is 11.6 Å². The van der Waals surface area contributed by atoms with E-state index in [2.05, 4.69) is 10.6 Å². The number of nitrogens with zero attached hydrogens (tertiary/aromatic N) is 1. The van der Waals surface area contributed by atoms with Gasteiger partial charge in [0, 0.05) is 32.5 Å². The molecule has 0 heterocycles. The van der Waals surface area contributed by atoms with Crippen molar-refractivity contribution in [2.45, 2.75) is 26.4 Å². The van der Waals surface area contributed by atoms with E-state index in [1.165, 1.54) is 6.20 Å². The topological polar surface area (TPSA) is 94.4 Å². The lowest BCUT2D eigenvalue weighted by atomic mass is 10.3. The number of hydrogen-bond acceptors (Lipinski definition) is 5. The Morgan fingerprint density at radius 1 is 1.61 bits per heavy atom. The van der Waals surface area contributed by atoms with E-state index in [9.17, 15) is 4.79 Å². The van der Waals surface area contributed by atoms with E-state index in [-0.39, 0.29) is 5.57 Å². The molecule has 6 heteroatoms. The number of nitriles is 1. The molecule has 6 nitrogen and oxygen atoms in total. The zero-order valence-corrected chi connectivity index (χ0v) is 10.9. The third kappa shape index (κ3) is 8.56. The predicted octanol–water partition coefficient (Wildman–Crippen LogP) is -0.0929. The van der Waals surface area contributed by atoms with E-state index in [4.69, 9.17) is 15.1 Å². The van der Waals surface area contributed by atoms with Gasteiger partial charge in [-0.15, -0.1) is 0 Å². The molecule has 0 saturated carbocycles. The molecule has 0 aromatic carbocycles. The molecule has 0 aliphatic carbocycles. The highest BCUT2D eigenvalue weighted by Crippen LogP contribution is 1.91. The summed E-state index contributed by atoms with van der Waals surface area (Å²) in [6.07, 6.45) is 1.49. The number of aliphatic hydroxyl groups is 1. The number of nitrogens with one attached hydrogen (secondary N) is 2. The summed E-state index contributed by atoms with van der Waals surface area (Å²) in [5.41, 5.74) is -0.00735. The van der Waals surface area contributed by atoms with Crippen molar-refractivity contribution in [3.8, 4) is 6.07 Å². The van der Waals surface area contributed by atoms with Crippen LogP contribution in [0.4, 0.5) is 0 Å². The van der Waals surface area contributed by atoms with Crippen LogP contribution in [-0.2, 0) is 9.53 Å². The van der Waals surface area contributed by atoms with E-state index >= 15 is 0 Å². The van der Waals surface area contributed by atoms with Gasteiger partial charge in [-0.2, -0.15) is 5.26 Å². The lowest BCUT2D eigenvalue weighted by molar-refractivity contribution is -0.117. The molecule has 0 bridgehead atoms. The van der Waals surface area contributed by atoms with E-state index in [1.807, 2.05) is 6.92 Å². The van der Waals surface area contributed by atoms with Crippen molar-refractivity contribution in [1.82, 2.24) is 10.6 Å². The highest BCUT2D eigenvalue weighted by atomic mass is 16.5. The monoisotopic (exact) mass is 255 g/mol. The first-order valence-corrected chi connectivity index (χ1v) is 5.99. The van der Waals surface area contributed by atoms with E-state index in [1.54, 1.807) is 13.0 Å². The normalized spacial score (nSPS) is 12.7. The summed E-state index contributed by atoms with van der Waals surface area (Å²) in [7, 11) is 0. The van der Waals surface area contributed by atoms with Gasteiger partial charge in [-0.05, 0) is 20.3 Å². The van der Waals surface area contributed by atoms with Crippen molar-refractivity contribution in [1.29, 1.82) is 5.26 Å². The third-order valence-corrected chi connectivity index (χ3v) is 1.98. The maximum Gasteiger partial charge on any atom is 0.263 e. The standard InChI is InChI=1S/C12H21N3O3/c1-3-18-6-4-5-15-12(17)11(7-13)9-14-8-10(2)16/h9-10,14,16H,3-6,8H2,1-2H3,(H,15,17)/b11-9-. The molecular formula is C12H21N3O3. The lowest BCUT2D eigenvalue weighted by Gasteiger charge is -2.06. The molecule has 0 saturated heterocycles. The molecule has 0 radical (unpaired) electrons. The Kier molecular flexibility index (Phi) is 9.64. The quantitative estimate of drug-likeness (QED) is 0.304. The molecule has 1 unspecified atom stereocenters. The van der Waals surface area contributed by atoms with E-state index in [0.29, 0.717) is 32.7 Å². The smallest absolute Gasteiger partial charge is 0.263 e. The number of carbonyl (C=O) groups excluding carboxylic acids is 1. The van der Waals surface area contributed by atoms with Crippen LogP contribution in [0.2, 0.25) is 0 Å². The van der Waals surface area contributed by atoms with E-state index < -0.39 is 12.0 Å². The second-order valence-corrected chi connectivity index (χ2v) is 3.73. The fourth-order valence-corrected chi connectivity index (χ4v) is 1.10. The Hall–Kier alpha value is -1.58. The van der Waals surface area contributed by atoms with Gasteiger partial charge in [0.25, 0.3) is 5.91 Å². The van der Waals surface area contributed by atoms with Gasteiger partial charge in [-0.1, -0.05) is 0 Å². The molecule has 0 aromatic heterocycles. The number of ether oxygens (including phenoxy) is 1. The number of hydrogen-bond donors (Lipinski definition) is 3. The Labute approximate surface area is 108 Å². The summed E-state index contributed by atoms with van der Waals surface area (Å²) in [6, 6.07) is 1.80. The second-order valence-electron chi connectivity index (χ2n) is 3.73. The van der Waals surface area contributed by atoms with E-state index in [0.717, 1.165) is 0 Å².